The van der Waals surface area contributed by atoms with Gasteiger partial charge in [-0.25, -0.2) is 4.98 Å². The highest BCUT2D eigenvalue weighted by molar-refractivity contribution is 7.17. The van der Waals surface area contributed by atoms with Gasteiger partial charge in [-0.1, -0.05) is 30.3 Å². The summed E-state index contributed by atoms with van der Waals surface area (Å²) >= 11 is 1.43. The molecule has 1 aliphatic heterocycles. The van der Waals surface area contributed by atoms with E-state index in [4.69, 9.17) is 14.5 Å². The Hall–Kier alpha value is -2.90. The summed E-state index contributed by atoms with van der Waals surface area (Å²) in [6, 6.07) is 16.0. The third-order valence-electron chi connectivity index (χ3n) is 5.65. The number of methoxy groups -OCH3 is 2. The quantitative estimate of drug-likeness (QED) is 0.597. The van der Waals surface area contributed by atoms with Crippen LogP contribution < -0.4 is 9.47 Å². The average molecular weight is 438 g/mol. The number of benzene rings is 2. The Morgan fingerprint density at radius 3 is 2.52 bits per heavy atom. The van der Waals surface area contributed by atoms with E-state index < -0.39 is 0 Å². The molecule has 0 aliphatic carbocycles. The topological polar surface area (TPSA) is 54.9 Å². The first-order valence-electron chi connectivity index (χ1n) is 10.3. The van der Waals surface area contributed by atoms with Crippen LogP contribution in [0.3, 0.4) is 0 Å². The van der Waals surface area contributed by atoms with Crippen LogP contribution in [0.5, 0.6) is 11.5 Å². The molecule has 3 aromatic rings. The second kappa shape index (κ2) is 9.08. The zero-order valence-corrected chi connectivity index (χ0v) is 19.1. The third kappa shape index (κ3) is 4.29. The maximum Gasteiger partial charge on any atom is 0.266 e. The van der Waals surface area contributed by atoms with Crippen molar-refractivity contribution in [3.63, 3.8) is 0 Å². The van der Waals surface area contributed by atoms with Crippen molar-refractivity contribution < 1.29 is 14.3 Å². The molecule has 162 valence electrons. The van der Waals surface area contributed by atoms with Gasteiger partial charge in [0.05, 0.1) is 26.0 Å². The van der Waals surface area contributed by atoms with Crippen LogP contribution in [-0.2, 0) is 0 Å². The molecule has 1 saturated heterocycles. The van der Waals surface area contributed by atoms with Crippen LogP contribution in [0.2, 0.25) is 0 Å². The van der Waals surface area contributed by atoms with Gasteiger partial charge in [0.2, 0.25) is 0 Å². The number of rotatable bonds is 5. The summed E-state index contributed by atoms with van der Waals surface area (Å²) in [4.78, 5) is 23.3. The second-order valence-electron chi connectivity index (χ2n) is 7.69. The molecule has 1 aliphatic rings. The van der Waals surface area contributed by atoms with E-state index in [1.165, 1.54) is 11.3 Å². The fourth-order valence-corrected chi connectivity index (χ4v) is 4.96. The van der Waals surface area contributed by atoms with E-state index in [1.54, 1.807) is 14.2 Å². The molecule has 4 rings (SSSR count). The van der Waals surface area contributed by atoms with E-state index in [-0.39, 0.29) is 11.9 Å². The van der Waals surface area contributed by atoms with Gasteiger partial charge in [0.15, 0.2) is 11.5 Å². The van der Waals surface area contributed by atoms with Gasteiger partial charge >= 0.3 is 0 Å². The molecule has 0 N–H and O–H groups in total. The first-order valence-corrected chi connectivity index (χ1v) is 11.1. The lowest BCUT2D eigenvalue weighted by molar-refractivity contribution is 0.0502. The largest absolute Gasteiger partial charge is 0.493 e. The van der Waals surface area contributed by atoms with Gasteiger partial charge in [-0.3, -0.25) is 4.79 Å². The Bertz CT molecular complexity index is 1070. The zero-order chi connectivity index (χ0) is 22.0. The normalized spacial score (nSPS) is 16.9. The van der Waals surface area contributed by atoms with Gasteiger partial charge in [0, 0.05) is 25.2 Å². The smallest absolute Gasteiger partial charge is 0.266 e. The predicted molar refractivity (Wildman–Crippen MR) is 123 cm³/mol. The highest BCUT2D eigenvalue weighted by Gasteiger charge is 2.32. The van der Waals surface area contributed by atoms with Crippen LogP contribution in [0.1, 0.15) is 27.0 Å². The molecule has 6 nitrogen and oxygen atoms in total. The van der Waals surface area contributed by atoms with Crippen molar-refractivity contribution in [1.82, 2.24) is 14.8 Å². The summed E-state index contributed by atoms with van der Waals surface area (Å²) < 4.78 is 10.8. The van der Waals surface area contributed by atoms with Crippen molar-refractivity contribution in [1.29, 1.82) is 0 Å². The summed E-state index contributed by atoms with van der Waals surface area (Å²) in [6.45, 7) is 4.27. The number of hydrogen-bond donors (Lipinski definition) is 0. The van der Waals surface area contributed by atoms with Gasteiger partial charge in [0.25, 0.3) is 5.91 Å². The molecular formula is C24H27N3O3S. The second-order valence-corrected chi connectivity index (χ2v) is 8.69. The summed E-state index contributed by atoms with van der Waals surface area (Å²) in [6.07, 6.45) is 0. The first-order chi connectivity index (χ1) is 15.0. The average Bonchev–Trinajstić information content (AvgIpc) is 3.20. The van der Waals surface area contributed by atoms with Gasteiger partial charge in [-0.15, -0.1) is 11.3 Å². The van der Waals surface area contributed by atoms with Crippen LogP contribution in [0, 0.1) is 6.92 Å². The van der Waals surface area contributed by atoms with Crippen LogP contribution in [0.25, 0.3) is 10.6 Å². The van der Waals surface area contributed by atoms with E-state index in [0.717, 1.165) is 34.9 Å². The number of carbonyl (C=O) groups is 1. The Balaban J connectivity index is 1.65. The minimum atomic E-state index is 0.0264. The fourth-order valence-electron chi connectivity index (χ4n) is 3.94. The molecule has 0 radical (unpaired) electrons. The standard InChI is InChI=1S/C24H27N3O3S/c1-16-22(31-23(25-16)18-10-11-20(29-3)21(14-18)30-4)24(28)27-13-12-26(2)15-19(27)17-8-6-5-7-9-17/h5-11,14,19H,12-13,15H2,1-4H3/t19-/m1/s1. The number of carbonyl (C=O) groups excluding carboxylic acids is 1. The Morgan fingerprint density at radius 1 is 1.06 bits per heavy atom. The van der Waals surface area contributed by atoms with Crippen LogP contribution in [0.4, 0.5) is 0 Å². The molecule has 1 fully saturated rings. The Morgan fingerprint density at radius 2 is 1.81 bits per heavy atom. The van der Waals surface area contributed by atoms with Crippen molar-refractivity contribution in [3.05, 3.63) is 64.7 Å². The minimum Gasteiger partial charge on any atom is -0.493 e. The maximum absolute atomic E-state index is 13.6. The van der Waals surface area contributed by atoms with Gasteiger partial charge in [-0.2, -0.15) is 0 Å². The number of piperazine rings is 1. The molecule has 7 heteroatoms. The third-order valence-corrected chi connectivity index (χ3v) is 6.84. The molecule has 0 bridgehead atoms. The lowest BCUT2D eigenvalue weighted by Crippen LogP contribution is -2.49. The highest BCUT2D eigenvalue weighted by Crippen LogP contribution is 2.36. The maximum atomic E-state index is 13.6. The number of amides is 1. The lowest BCUT2D eigenvalue weighted by atomic mass is 10.0. The number of ether oxygens (including phenoxy) is 2. The van der Waals surface area contributed by atoms with Crippen molar-refractivity contribution >= 4 is 17.2 Å². The van der Waals surface area contributed by atoms with Crippen LogP contribution in [-0.4, -0.2) is 61.6 Å². The van der Waals surface area contributed by atoms with Gasteiger partial charge in [0.1, 0.15) is 9.88 Å². The van der Waals surface area contributed by atoms with E-state index >= 15 is 0 Å². The van der Waals surface area contributed by atoms with Gasteiger partial charge in [-0.05, 0) is 37.7 Å². The van der Waals surface area contributed by atoms with Crippen LogP contribution >= 0.6 is 11.3 Å². The van der Waals surface area contributed by atoms with Crippen molar-refractivity contribution in [2.45, 2.75) is 13.0 Å². The fraction of sp³-hybridized carbons (Fsp3) is 0.333. The van der Waals surface area contributed by atoms with Crippen molar-refractivity contribution in [2.24, 2.45) is 0 Å². The predicted octanol–water partition coefficient (Wildman–Crippen LogP) is 4.26. The number of thiazole rings is 1. The number of nitrogens with zero attached hydrogens (tertiary/aromatic N) is 3. The molecule has 2 aromatic carbocycles. The van der Waals surface area contributed by atoms with E-state index in [0.29, 0.717) is 22.9 Å². The molecule has 1 aromatic heterocycles. The number of likely N-dealkylation sites (N-methyl/N-ethyl adjacent to an activating group) is 1. The molecule has 0 saturated carbocycles. The number of aryl methyl sites for hydroxylation is 1. The monoisotopic (exact) mass is 437 g/mol. The minimum absolute atomic E-state index is 0.0264. The Kier molecular flexibility index (Phi) is 6.25. The molecule has 1 atom stereocenters. The SMILES string of the molecule is COc1ccc(-c2nc(C)c(C(=O)N3CCN(C)C[C@@H]3c3ccccc3)s2)cc1OC. The number of hydrogen-bond acceptors (Lipinski definition) is 6. The molecular weight excluding hydrogens is 410 g/mol. The molecule has 2 heterocycles. The van der Waals surface area contributed by atoms with Crippen LogP contribution in [0.15, 0.2) is 48.5 Å². The zero-order valence-electron chi connectivity index (χ0n) is 18.3. The number of aromatic nitrogens is 1. The molecule has 1 amide bonds. The van der Waals surface area contributed by atoms with Gasteiger partial charge < -0.3 is 19.3 Å². The molecule has 0 unspecified atom stereocenters. The first kappa shape index (κ1) is 21.3. The summed E-state index contributed by atoms with van der Waals surface area (Å²) in [5.74, 6) is 1.35. The van der Waals surface area contributed by atoms with Crippen molar-refractivity contribution in [2.75, 3.05) is 40.9 Å². The summed E-state index contributed by atoms with van der Waals surface area (Å²) in [7, 11) is 5.33. The molecule has 31 heavy (non-hydrogen) atoms. The molecule has 0 spiro atoms. The van der Waals surface area contributed by atoms with Crippen molar-refractivity contribution in [3.8, 4) is 22.1 Å². The highest BCUT2D eigenvalue weighted by atomic mass is 32.1. The van der Waals surface area contributed by atoms with E-state index in [9.17, 15) is 4.79 Å². The van der Waals surface area contributed by atoms with E-state index in [2.05, 4.69) is 24.1 Å². The lowest BCUT2D eigenvalue weighted by Gasteiger charge is -2.40. The van der Waals surface area contributed by atoms with E-state index in [1.807, 2.05) is 48.2 Å². The summed E-state index contributed by atoms with van der Waals surface area (Å²) in [5, 5.41) is 0.798. The Labute approximate surface area is 187 Å². The summed E-state index contributed by atoms with van der Waals surface area (Å²) in [5.41, 5.74) is 2.82.